The zero-order valence-electron chi connectivity index (χ0n) is 11.7. The molecule has 18 heavy (non-hydrogen) atoms. The summed E-state index contributed by atoms with van der Waals surface area (Å²) < 4.78 is 5.98. The second-order valence-electron chi connectivity index (χ2n) is 6.11. The first-order chi connectivity index (χ1) is 8.20. The van der Waals surface area contributed by atoms with Crippen LogP contribution in [0.25, 0.3) is 0 Å². The second kappa shape index (κ2) is 4.35. The molecule has 1 amide bonds. The van der Waals surface area contributed by atoms with Crippen molar-refractivity contribution in [3.05, 3.63) is 21.9 Å². The molecule has 1 aliphatic rings. The molecular weight excluding hydrogens is 246 g/mol. The summed E-state index contributed by atoms with van der Waals surface area (Å²) in [5.74, 6) is 0.00692. The summed E-state index contributed by atoms with van der Waals surface area (Å²) in [5, 5.41) is 3.10. The van der Waals surface area contributed by atoms with E-state index >= 15 is 0 Å². The van der Waals surface area contributed by atoms with Gasteiger partial charge in [0.2, 0.25) is 0 Å². The summed E-state index contributed by atoms with van der Waals surface area (Å²) in [6, 6.07) is 3.91. The molecule has 1 fully saturated rings. The van der Waals surface area contributed by atoms with E-state index in [4.69, 9.17) is 4.74 Å². The fourth-order valence-electron chi connectivity index (χ4n) is 2.57. The second-order valence-corrected chi connectivity index (χ2v) is 7.39. The largest absolute Gasteiger partial charge is 0.367 e. The topological polar surface area (TPSA) is 38.3 Å². The first-order valence-corrected chi connectivity index (χ1v) is 7.09. The predicted octanol–water partition coefficient (Wildman–Crippen LogP) is 3.13. The van der Waals surface area contributed by atoms with E-state index in [9.17, 15) is 4.79 Å². The number of rotatable bonds is 2. The van der Waals surface area contributed by atoms with Gasteiger partial charge in [0, 0.05) is 4.88 Å². The van der Waals surface area contributed by atoms with Crippen molar-refractivity contribution >= 4 is 17.2 Å². The number of amides is 1. The lowest BCUT2D eigenvalue weighted by atomic mass is 9.94. The van der Waals surface area contributed by atoms with E-state index < -0.39 is 0 Å². The van der Waals surface area contributed by atoms with Crippen LogP contribution in [-0.4, -0.2) is 23.2 Å². The maximum Gasteiger partial charge on any atom is 0.261 e. The van der Waals surface area contributed by atoms with Gasteiger partial charge in [-0.25, -0.2) is 0 Å². The van der Waals surface area contributed by atoms with Crippen molar-refractivity contribution in [2.75, 3.05) is 0 Å². The lowest BCUT2D eigenvalue weighted by molar-refractivity contribution is -0.0693. The Morgan fingerprint density at radius 1 is 1.39 bits per heavy atom. The highest BCUT2D eigenvalue weighted by molar-refractivity contribution is 7.13. The van der Waals surface area contributed by atoms with E-state index in [-0.39, 0.29) is 23.2 Å². The van der Waals surface area contributed by atoms with Crippen molar-refractivity contribution < 1.29 is 9.53 Å². The Hall–Kier alpha value is -0.870. The molecule has 100 valence electrons. The summed E-state index contributed by atoms with van der Waals surface area (Å²) in [4.78, 5) is 14.1. The van der Waals surface area contributed by atoms with Gasteiger partial charge in [0.15, 0.2) is 0 Å². The molecular formula is C14H21NO2S. The normalized spacial score (nSPS) is 25.1. The van der Waals surface area contributed by atoms with E-state index in [1.54, 1.807) is 0 Å². The molecule has 1 saturated heterocycles. The van der Waals surface area contributed by atoms with Crippen LogP contribution in [0.4, 0.5) is 0 Å². The Kier molecular flexibility index (Phi) is 3.28. The van der Waals surface area contributed by atoms with Crippen LogP contribution < -0.4 is 5.32 Å². The summed E-state index contributed by atoms with van der Waals surface area (Å²) in [7, 11) is 0. The molecule has 1 aromatic rings. The average molecular weight is 267 g/mol. The minimum atomic E-state index is -0.314. The molecule has 4 heteroatoms. The average Bonchev–Trinajstić information content (AvgIpc) is 2.68. The lowest BCUT2D eigenvalue weighted by Crippen LogP contribution is -2.45. The maximum absolute atomic E-state index is 12.2. The van der Waals surface area contributed by atoms with Gasteiger partial charge in [-0.1, -0.05) is 0 Å². The van der Waals surface area contributed by atoms with Crippen LogP contribution in [0.15, 0.2) is 12.1 Å². The van der Waals surface area contributed by atoms with Crippen LogP contribution in [0.5, 0.6) is 0 Å². The highest BCUT2D eigenvalue weighted by Gasteiger charge is 2.46. The van der Waals surface area contributed by atoms with E-state index in [1.807, 2.05) is 32.9 Å². The van der Waals surface area contributed by atoms with Crippen molar-refractivity contribution in [3.8, 4) is 0 Å². The number of hydrogen-bond acceptors (Lipinski definition) is 3. The number of thiophene rings is 1. The first kappa shape index (κ1) is 13.6. The molecule has 1 N–H and O–H groups in total. The molecule has 0 aliphatic carbocycles. The molecule has 1 atom stereocenters. The van der Waals surface area contributed by atoms with Crippen LogP contribution in [0.1, 0.15) is 48.7 Å². The molecule has 1 aromatic heterocycles. The van der Waals surface area contributed by atoms with E-state index in [2.05, 4.69) is 19.2 Å². The summed E-state index contributed by atoms with van der Waals surface area (Å²) >= 11 is 1.53. The highest BCUT2D eigenvalue weighted by atomic mass is 32.1. The van der Waals surface area contributed by atoms with Gasteiger partial charge in [0.25, 0.3) is 5.91 Å². The molecule has 0 saturated carbocycles. The van der Waals surface area contributed by atoms with Crippen LogP contribution >= 0.6 is 11.3 Å². The lowest BCUT2D eigenvalue weighted by Gasteiger charge is -2.27. The Labute approximate surface area is 113 Å². The quantitative estimate of drug-likeness (QED) is 0.894. The van der Waals surface area contributed by atoms with E-state index in [0.717, 1.165) is 16.2 Å². The third kappa shape index (κ3) is 2.75. The van der Waals surface area contributed by atoms with Crippen molar-refractivity contribution in [2.24, 2.45) is 0 Å². The van der Waals surface area contributed by atoms with Gasteiger partial charge in [-0.05, 0) is 53.2 Å². The van der Waals surface area contributed by atoms with Crippen LogP contribution in [0, 0.1) is 6.92 Å². The minimum absolute atomic E-state index is 0.00692. The van der Waals surface area contributed by atoms with E-state index in [1.165, 1.54) is 11.3 Å². The van der Waals surface area contributed by atoms with Crippen molar-refractivity contribution in [2.45, 2.75) is 58.3 Å². The standard InChI is InChI=1S/C14H21NO2S/c1-9-6-7-10(18-9)12(16)15-11-8-13(2,3)17-14(11,4)5/h6-7,11H,8H2,1-5H3,(H,15,16)/t11-/m1/s1. The zero-order chi connectivity index (χ0) is 13.6. The number of aryl methyl sites for hydroxylation is 1. The van der Waals surface area contributed by atoms with Gasteiger partial charge in [0.05, 0.1) is 22.1 Å². The molecule has 0 bridgehead atoms. The predicted molar refractivity (Wildman–Crippen MR) is 74.2 cm³/mol. The molecule has 2 heterocycles. The molecule has 0 spiro atoms. The molecule has 3 nitrogen and oxygen atoms in total. The summed E-state index contributed by atoms with van der Waals surface area (Å²) in [6.45, 7) is 10.2. The summed E-state index contributed by atoms with van der Waals surface area (Å²) in [5.41, 5.74) is -0.488. The van der Waals surface area contributed by atoms with E-state index in [0.29, 0.717) is 0 Å². The van der Waals surface area contributed by atoms with Gasteiger partial charge in [0.1, 0.15) is 0 Å². The Balaban J connectivity index is 2.08. The molecule has 0 aromatic carbocycles. The maximum atomic E-state index is 12.2. The number of hydrogen-bond donors (Lipinski definition) is 1. The smallest absolute Gasteiger partial charge is 0.261 e. The number of ether oxygens (including phenoxy) is 1. The van der Waals surface area contributed by atoms with Gasteiger partial charge in [-0.3, -0.25) is 4.79 Å². The van der Waals surface area contributed by atoms with Crippen LogP contribution in [-0.2, 0) is 4.74 Å². The monoisotopic (exact) mass is 267 g/mol. The van der Waals surface area contributed by atoms with Crippen molar-refractivity contribution in [3.63, 3.8) is 0 Å². The molecule has 0 unspecified atom stereocenters. The number of nitrogens with one attached hydrogen (secondary N) is 1. The zero-order valence-corrected chi connectivity index (χ0v) is 12.5. The first-order valence-electron chi connectivity index (χ1n) is 6.27. The van der Waals surface area contributed by atoms with Crippen LogP contribution in [0.3, 0.4) is 0 Å². The third-order valence-electron chi connectivity index (χ3n) is 3.34. The molecule has 1 aliphatic heterocycles. The fraction of sp³-hybridized carbons (Fsp3) is 0.643. The SMILES string of the molecule is Cc1ccc(C(=O)N[C@@H]2CC(C)(C)OC2(C)C)s1. The number of carbonyl (C=O) groups is 1. The molecule has 2 rings (SSSR count). The van der Waals surface area contributed by atoms with Gasteiger partial charge in [-0.2, -0.15) is 0 Å². The van der Waals surface area contributed by atoms with Gasteiger partial charge < -0.3 is 10.1 Å². The third-order valence-corrected chi connectivity index (χ3v) is 4.34. The van der Waals surface area contributed by atoms with Crippen molar-refractivity contribution in [1.29, 1.82) is 0 Å². The Morgan fingerprint density at radius 2 is 2.06 bits per heavy atom. The highest BCUT2D eigenvalue weighted by Crippen LogP contribution is 2.37. The molecule has 0 radical (unpaired) electrons. The van der Waals surface area contributed by atoms with Gasteiger partial charge >= 0.3 is 0 Å². The van der Waals surface area contributed by atoms with Crippen LogP contribution in [0.2, 0.25) is 0 Å². The van der Waals surface area contributed by atoms with Crippen molar-refractivity contribution in [1.82, 2.24) is 5.32 Å². The summed E-state index contributed by atoms with van der Waals surface area (Å²) in [6.07, 6.45) is 0.843. The Morgan fingerprint density at radius 3 is 2.50 bits per heavy atom. The Bertz CT molecular complexity index is 462. The fourth-order valence-corrected chi connectivity index (χ4v) is 3.34. The number of carbonyl (C=O) groups excluding carboxylic acids is 1. The minimum Gasteiger partial charge on any atom is -0.367 e. The van der Waals surface area contributed by atoms with Gasteiger partial charge in [-0.15, -0.1) is 11.3 Å².